The molecule has 5 heteroatoms. The van der Waals surface area contributed by atoms with E-state index in [-0.39, 0.29) is 0 Å². The molecule has 0 bridgehead atoms. The number of nitrogens with zero attached hydrogens (tertiary/aromatic N) is 4. The maximum Gasteiger partial charge on any atom is 0.210 e. The minimum absolute atomic E-state index is 0.424. The number of rotatable bonds is 1. The van der Waals surface area contributed by atoms with Crippen LogP contribution in [0.3, 0.4) is 0 Å². The number of aromatic nitrogens is 2. The Bertz CT molecular complexity index is 390. The summed E-state index contributed by atoms with van der Waals surface area (Å²) in [6.07, 6.45) is 1.73. The molecule has 1 aromatic heterocycles. The summed E-state index contributed by atoms with van der Waals surface area (Å²) < 4.78 is 1.81. The Morgan fingerprint density at radius 3 is 3.14 bits per heavy atom. The van der Waals surface area contributed by atoms with Crippen molar-refractivity contribution in [1.29, 1.82) is 5.26 Å². The molecule has 1 aromatic rings. The largest absolute Gasteiger partial charge is 0.339 e. The molecule has 0 unspecified atom stereocenters. The minimum atomic E-state index is 0.424. The predicted octanol–water partition coefficient (Wildman–Crippen LogP) is 0.117. The van der Waals surface area contributed by atoms with Crippen LogP contribution in [-0.2, 0) is 17.9 Å². The number of fused-ring (bicyclic) bond motifs is 1. The van der Waals surface area contributed by atoms with Crippen LogP contribution in [0.2, 0.25) is 0 Å². The Kier molecular flexibility index (Phi) is 2.19. The van der Waals surface area contributed by atoms with Crippen LogP contribution in [0.15, 0.2) is 6.07 Å². The lowest BCUT2D eigenvalue weighted by Gasteiger charge is -2.11. The van der Waals surface area contributed by atoms with Gasteiger partial charge < -0.3 is 4.90 Å². The Labute approximate surface area is 81.5 Å². The number of nitriles is 1. The molecule has 1 amide bonds. The minimum Gasteiger partial charge on any atom is -0.339 e. The van der Waals surface area contributed by atoms with Gasteiger partial charge in [-0.2, -0.15) is 10.4 Å². The van der Waals surface area contributed by atoms with Crippen molar-refractivity contribution in [3.05, 3.63) is 17.5 Å². The summed E-state index contributed by atoms with van der Waals surface area (Å²) in [5, 5.41) is 12.8. The van der Waals surface area contributed by atoms with E-state index in [1.54, 1.807) is 11.0 Å². The third-order valence-electron chi connectivity index (χ3n) is 2.31. The van der Waals surface area contributed by atoms with Crippen molar-refractivity contribution in [3.8, 4) is 6.07 Å². The number of aryl methyl sites for hydroxylation is 1. The molecule has 0 radical (unpaired) electrons. The Morgan fingerprint density at radius 1 is 1.57 bits per heavy atom. The second kappa shape index (κ2) is 3.50. The van der Waals surface area contributed by atoms with Gasteiger partial charge >= 0.3 is 0 Å². The summed E-state index contributed by atoms with van der Waals surface area (Å²) in [6.45, 7) is 2.09. The van der Waals surface area contributed by atoms with E-state index in [2.05, 4.69) is 5.10 Å². The van der Waals surface area contributed by atoms with Crippen molar-refractivity contribution < 1.29 is 4.79 Å². The third-order valence-corrected chi connectivity index (χ3v) is 2.31. The van der Waals surface area contributed by atoms with Gasteiger partial charge in [-0.3, -0.25) is 9.48 Å². The number of hydrogen-bond donors (Lipinski definition) is 0. The fourth-order valence-electron chi connectivity index (χ4n) is 1.63. The summed E-state index contributed by atoms with van der Waals surface area (Å²) >= 11 is 0. The number of carbonyl (C=O) groups excluding carboxylic acids is 1. The molecule has 14 heavy (non-hydrogen) atoms. The van der Waals surface area contributed by atoms with Crippen LogP contribution in [0.1, 0.15) is 17.8 Å². The maximum absolute atomic E-state index is 10.6. The highest BCUT2D eigenvalue weighted by atomic mass is 16.1. The highest BCUT2D eigenvalue weighted by molar-refractivity contribution is 5.47. The fraction of sp³-hybridized carbons (Fsp3) is 0.444. The Hall–Kier alpha value is -1.83. The van der Waals surface area contributed by atoms with Gasteiger partial charge in [-0.1, -0.05) is 0 Å². The van der Waals surface area contributed by atoms with Crippen LogP contribution < -0.4 is 0 Å². The molecule has 1 aliphatic heterocycles. The van der Waals surface area contributed by atoms with E-state index in [9.17, 15) is 4.79 Å². The molecule has 0 atom stereocenters. The van der Waals surface area contributed by atoms with Crippen LogP contribution in [0.5, 0.6) is 0 Å². The molecule has 0 aliphatic carbocycles. The topological polar surface area (TPSA) is 61.9 Å². The van der Waals surface area contributed by atoms with E-state index in [0.29, 0.717) is 12.2 Å². The predicted molar refractivity (Wildman–Crippen MR) is 48.0 cm³/mol. The second-order valence-corrected chi connectivity index (χ2v) is 3.29. The SMILES string of the molecule is N#Cc1cc2n(n1)CCCN(C=O)C2. The summed E-state index contributed by atoms with van der Waals surface area (Å²) in [4.78, 5) is 12.3. The number of carbonyl (C=O) groups is 1. The smallest absolute Gasteiger partial charge is 0.210 e. The fourth-order valence-corrected chi connectivity index (χ4v) is 1.63. The van der Waals surface area contributed by atoms with Gasteiger partial charge in [0, 0.05) is 13.1 Å². The average Bonchev–Trinajstić information content (AvgIpc) is 2.50. The molecule has 5 nitrogen and oxygen atoms in total. The lowest BCUT2D eigenvalue weighted by molar-refractivity contribution is -0.118. The summed E-state index contributed by atoms with van der Waals surface area (Å²) in [5.74, 6) is 0. The maximum atomic E-state index is 10.6. The lowest BCUT2D eigenvalue weighted by atomic mass is 10.3. The summed E-state index contributed by atoms with van der Waals surface area (Å²) in [7, 11) is 0. The summed E-state index contributed by atoms with van der Waals surface area (Å²) in [5.41, 5.74) is 1.36. The normalized spacial score (nSPS) is 15.5. The van der Waals surface area contributed by atoms with Crippen LogP contribution in [-0.4, -0.2) is 27.6 Å². The van der Waals surface area contributed by atoms with Crippen molar-refractivity contribution in [2.75, 3.05) is 6.54 Å². The first-order valence-electron chi connectivity index (χ1n) is 4.49. The molecule has 0 aromatic carbocycles. The quantitative estimate of drug-likeness (QED) is 0.591. The first-order chi connectivity index (χ1) is 6.83. The molecule has 72 valence electrons. The highest BCUT2D eigenvalue weighted by Gasteiger charge is 2.14. The van der Waals surface area contributed by atoms with E-state index in [4.69, 9.17) is 5.26 Å². The first-order valence-corrected chi connectivity index (χ1v) is 4.49. The van der Waals surface area contributed by atoms with Gasteiger partial charge in [-0.05, 0) is 12.5 Å². The van der Waals surface area contributed by atoms with Gasteiger partial charge in [0.15, 0.2) is 5.69 Å². The standard InChI is InChI=1S/C9H10N4O/c10-5-8-4-9-6-12(7-14)2-1-3-13(9)11-8/h4,7H,1-3,6H2. The molecule has 2 rings (SSSR count). The van der Waals surface area contributed by atoms with E-state index in [1.807, 2.05) is 10.8 Å². The number of hydrogen-bond acceptors (Lipinski definition) is 3. The monoisotopic (exact) mass is 190 g/mol. The number of amides is 1. The highest BCUT2D eigenvalue weighted by Crippen LogP contribution is 2.11. The molecule has 2 heterocycles. The zero-order valence-corrected chi connectivity index (χ0v) is 7.68. The van der Waals surface area contributed by atoms with E-state index in [1.165, 1.54) is 0 Å². The molecule has 1 aliphatic rings. The Balaban J connectivity index is 2.30. The molecular formula is C9H10N4O. The van der Waals surface area contributed by atoms with Crippen molar-refractivity contribution in [1.82, 2.24) is 14.7 Å². The lowest BCUT2D eigenvalue weighted by Crippen LogP contribution is -2.20. The second-order valence-electron chi connectivity index (χ2n) is 3.29. The van der Waals surface area contributed by atoms with Gasteiger partial charge in [0.25, 0.3) is 0 Å². The zero-order chi connectivity index (χ0) is 9.97. The van der Waals surface area contributed by atoms with Gasteiger partial charge in [-0.15, -0.1) is 0 Å². The zero-order valence-electron chi connectivity index (χ0n) is 7.68. The van der Waals surface area contributed by atoms with Gasteiger partial charge in [0.05, 0.1) is 12.2 Å². The molecular weight excluding hydrogens is 180 g/mol. The van der Waals surface area contributed by atoms with Gasteiger partial charge in [0.1, 0.15) is 6.07 Å². The van der Waals surface area contributed by atoms with E-state index >= 15 is 0 Å². The van der Waals surface area contributed by atoms with Gasteiger partial charge in [-0.25, -0.2) is 0 Å². The van der Waals surface area contributed by atoms with Crippen LogP contribution in [0.25, 0.3) is 0 Å². The molecule has 0 saturated heterocycles. The molecule has 0 saturated carbocycles. The van der Waals surface area contributed by atoms with Gasteiger partial charge in [0.2, 0.25) is 6.41 Å². The van der Waals surface area contributed by atoms with E-state index in [0.717, 1.165) is 31.6 Å². The van der Waals surface area contributed by atoms with Crippen molar-refractivity contribution >= 4 is 6.41 Å². The van der Waals surface area contributed by atoms with E-state index < -0.39 is 0 Å². The molecule has 0 fully saturated rings. The van der Waals surface area contributed by atoms with Crippen molar-refractivity contribution in [2.24, 2.45) is 0 Å². The Morgan fingerprint density at radius 2 is 2.43 bits per heavy atom. The average molecular weight is 190 g/mol. The van der Waals surface area contributed by atoms with Crippen LogP contribution >= 0.6 is 0 Å². The summed E-state index contributed by atoms with van der Waals surface area (Å²) in [6, 6.07) is 3.74. The molecule has 0 N–H and O–H groups in total. The first kappa shape index (κ1) is 8.75. The van der Waals surface area contributed by atoms with Crippen molar-refractivity contribution in [2.45, 2.75) is 19.5 Å². The van der Waals surface area contributed by atoms with Crippen molar-refractivity contribution in [3.63, 3.8) is 0 Å². The third kappa shape index (κ3) is 1.46. The van der Waals surface area contributed by atoms with Crippen LogP contribution in [0, 0.1) is 11.3 Å². The molecule has 0 spiro atoms. The van der Waals surface area contributed by atoms with Crippen LogP contribution in [0.4, 0.5) is 0 Å².